The number of hydrogen-bond acceptors (Lipinski definition) is 1. The van der Waals surface area contributed by atoms with Gasteiger partial charge in [-0.15, -0.1) is 0 Å². The molecule has 0 aromatic heterocycles. The van der Waals surface area contributed by atoms with E-state index in [0.717, 1.165) is 4.16 Å². The number of benzene rings is 1. The fourth-order valence-electron chi connectivity index (χ4n) is 0.805. The molecule has 0 unspecified atom stereocenters. The van der Waals surface area contributed by atoms with Gasteiger partial charge in [0.05, 0.1) is 0 Å². The minimum atomic E-state index is -0.857. The van der Waals surface area contributed by atoms with E-state index >= 15 is 0 Å². The maximum absolute atomic E-state index is 12.8. The molecule has 1 aromatic carbocycles. The van der Waals surface area contributed by atoms with Crippen LogP contribution >= 0.6 is 19.8 Å². The molecule has 0 amide bonds. The van der Waals surface area contributed by atoms with Crippen molar-refractivity contribution in [2.45, 2.75) is 0 Å². The maximum atomic E-state index is 12.8. The van der Waals surface area contributed by atoms with Gasteiger partial charge >= 0.3 is 82.8 Å². The van der Waals surface area contributed by atoms with Crippen LogP contribution in [0.25, 0.3) is 0 Å². The van der Waals surface area contributed by atoms with Crippen molar-refractivity contribution in [2.75, 3.05) is 0 Å². The van der Waals surface area contributed by atoms with Gasteiger partial charge in [-0.2, -0.15) is 0 Å². The Labute approximate surface area is 82.4 Å². The van der Waals surface area contributed by atoms with Crippen molar-refractivity contribution in [1.29, 1.82) is 5.26 Å². The summed E-state index contributed by atoms with van der Waals surface area (Å²) in [7, 11) is 0. The van der Waals surface area contributed by atoms with Gasteiger partial charge in [0.25, 0.3) is 0 Å². The molecule has 0 atom stereocenters. The molecule has 0 N–H and O–H groups in total. The average Bonchev–Trinajstić information content (AvgIpc) is 2.04. The van der Waals surface area contributed by atoms with E-state index in [1.165, 1.54) is 6.07 Å². The summed E-state index contributed by atoms with van der Waals surface area (Å²) in [5.41, 5.74) is 0.252. The Hall–Kier alpha value is -0.00662. The van der Waals surface area contributed by atoms with Crippen LogP contribution in [0.1, 0.15) is 5.56 Å². The van der Waals surface area contributed by atoms with Gasteiger partial charge in [0, 0.05) is 0 Å². The first-order chi connectivity index (χ1) is 5.29. The van der Waals surface area contributed by atoms with E-state index in [-0.39, 0.29) is 11.4 Å². The Kier molecular flexibility index (Phi) is 3.41. The normalized spacial score (nSPS) is 8.45. The van der Waals surface area contributed by atoms with Crippen molar-refractivity contribution in [3.8, 4) is 6.07 Å². The Bertz CT molecular complexity index is 308. The molecule has 0 saturated heterocycles. The second-order valence-electron chi connectivity index (χ2n) is 2.02. The van der Waals surface area contributed by atoms with E-state index < -0.39 is 13.6 Å². The van der Waals surface area contributed by atoms with Gasteiger partial charge in [0.1, 0.15) is 0 Å². The predicted octanol–water partition coefficient (Wildman–Crippen LogP) is 1.76. The van der Waals surface area contributed by atoms with Crippen molar-refractivity contribution in [3.63, 3.8) is 0 Å². The second kappa shape index (κ2) is 4.13. The van der Waals surface area contributed by atoms with Crippen LogP contribution in [0, 0.1) is 17.1 Å². The van der Waals surface area contributed by atoms with Crippen LogP contribution in [0.15, 0.2) is 18.2 Å². The van der Waals surface area contributed by atoms with Crippen LogP contribution in [0.3, 0.4) is 0 Å². The van der Waals surface area contributed by atoms with Crippen LogP contribution < -0.4 is 4.16 Å². The first-order valence-electron chi connectivity index (χ1n) is 3.03. The molecule has 0 radical (unpaired) electrons. The third-order valence-corrected chi connectivity index (χ3v) is 7.47. The fourth-order valence-corrected chi connectivity index (χ4v) is 5.38. The SMILES string of the molecule is N#Cc1c(F)ccc[c]1[Zn][I]. The molecule has 1 rings (SSSR count). The van der Waals surface area contributed by atoms with Crippen LogP contribution in [-0.4, -0.2) is 0 Å². The molecular weight excluding hydrogens is 309 g/mol. The molecule has 0 bridgehead atoms. The Morgan fingerprint density at radius 1 is 1.55 bits per heavy atom. The molecule has 11 heavy (non-hydrogen) atoms. The topological polar surface area (TPSA) is 23.8 Å². The quantitative estimate of drug-likeness (QED) is 0.572. The van der Waals surface area contributed by atoms with Crippen molar-refractivity contribution in [2.24, 2.45) is 0 Å². The van der Waals surface area contributed by atoms with E-state index in [9.17, 15) is 4.39 Å². The molecule has 0 saturated carbocycles. The van der Waals surface area contributed by atoms with Gasteiger partial charge in [0.2, 0.25) is 0 Å². The van der Waals surface area contributed by atoms with Gasteiger partial charge in [0.15, 0.2) is 0 Å². The van der Waals surface area contributed by atoms with Gasteiger partial charge in [-0.05, 0) is 0 Å². The zero-order chi connectivity index (χ0) is 8.27. The van der Waals surface area contributed by atoms with Crippen LogP contribution in [0.4, 0.5) is 4.39 Å². The van der Waals surface area contributed by atoms with Gasteiger partial charge in [-0.3, -0.25) is 0 Å². The van der Waals surface area contributed by atoms with Crippen LogP contribution in [0.5, 0.6) is 0 Å². The molecule has 0 fully saturated rings. The third kappa shape index (κ3) is 1.97. The Balaban J connectivity index is 3.27. The minimum absolute atomic E-state index is 0.252. The third-order valence-electron chi connectivity index (χ3n) is 1.36. The molecule has 1 aromatic rings. The standard InChI is InChI=1S/C7H3FN.HI.Zn/c8-7-4-2-1-3-6(7)5-9;;/h1-2,4H;1H;/q;;+1/p-1. The van der Waals surface area contributed by atoms with Crippen molar-refractivity contribution < 1.29 is 18.0 Å². The molecule has 0 spiro atoms. The van der Waals surface area contributed by atoms with Crippen LogP contribution in [-0.2, 0) is 13.6 Å². The van der Waals surface area contributed by atoms with E-state index in [1.807, 2.05) is 12.1 Å². The van der Waals surface area contributed by atoms with E-state index in [4.69, 9.17) is 5.26 Å². The summed E-state index contributed by atoms with van der Waals surface area (Å²) in [6, 6.07) is 6.72. The number of rotatable bonds is 1. The van der Waals surface area contributed by atoms with E-state index in [2.05, 4.69) is 19.8 Å². The predicted molar refractivity (Wildman–Crippen MR) is 44.8 cm³/mol. The van der Waals surface area contributed by atoms with E-state index in [1.54, 1.807) is 6.07 Å². The number of hydrogen-bond donors (Lipinski definition) is 0. The molecule has 1 nitrogen and oxygen atoms in total. The second-order valence-corrected chi connectivity index (χ2v) is 8.14. The molecule has 0 aliphatic heterocycles. The summed E-state index contributed by atoms with van der Waals surface area (Å²) in [6.07, 6.45) is 0. The molecule has 4 heteroatoms. The Morgan fingerprint density at radius 3 is 2.73 bits per heavy atom. The molecular formula is C7H3FINZn. The summed E-state index contributed by atoms with van der Waals surface area (Å²) < 4.78 is 13.8. The summed E-state index contributed by atoms with van der Waals surface area (Å²) in [5.74, 6) is -0.382. The zero-order valence-electron chi connectivity index (χ0n) is 5.64. The van der Waals surface area contributed by atoms with Crippen molar-refractivity contribution >= 4 is 23.9 Å². The molecule has 0 heterocycles. The molecule has 0 aliphatic carbocycles. The van der Waals surface area contributed by atoms with E-state index in [0.29, 0.717) is 0 Å². The summed E-state index contributed by atoms with van der Waals surface area (Å²) in [5, 5.41) is 8.57. The first-order valence-corrected chi connectivity index (χ1v) is 13.6. The fraction of sp³-hybridized carbons (Fsp3) is 0. The van der Waals surface area contributed by atoms with Gasteiger partial charge in [-0.1, -0.05) is 0 Å². The Morgan fingerprint density at radius 2 is 2.27 bits per heavy atom. The number of nitriles is 1. The number of halogens is 2. The molecule has 0 aliphatic rings. The van der Waals surface area contributed by atoms with Gasteiger partial charge in [-0.25, -0.2) is 0 Å². The first kappa shape index (κ1) is 9.08. The summed E-state index contributed by atoms with van der Waals surface area (Å²) in [4.78, 5) is 0. The molecule has 52 valence electrons. The monoisotopic (exact) mass is 311 g/mol. The summed E-state index contributed by atoms with van der Waals surface area (Å²) >= 11 is 1.43. The van der Waals surface area contributed by atoms with Gasteiger partial charge < -0.3 is 0 Å². The van der Waals surface area contributed by atoms with Crippen molar-refractivity contribution in [3.05, 3.63) is 29.6 Å². The summed E-state index contributed by atoms with van der Waals surface area (Å²) in [6.45, 7) is 0. The number of nitrogens with zero attached hydrogens (tertiary/aromatic N) is 1. The zero-order valence-corrected chi connectivity index (χ0v) is 10.8. The van der Waals surface area contributed by atoms with Crippen molar-refractivity contribution in [1.82, 2.24) is 0 Å². The van der Waals surface area contributed by atoms with Crippen LogP contribution in [0.2, 0.25) is 0 Å². The average molecular weight is 312 g/mol.